The van der Waals surface area contributed by atoms with Gasteiger partial charge in [0.1, 0.15) is 16.3 Å². The summed E-state index contributed by atoms with van der Waals surface area (Å²) in [6.07, 6.45) is 4.27. The summed E-state index contributed by atoms with van der Waals surface area (Å²) in [6.45, 7) is 6.26. The van der Waals surface area contributed by atoms with E-state index in [1.54, 1.807) is 6.20 Å². The van der Waals surface area contributed by atoms with Gasteiger partial charge in [-0.3, -0.25) is 4.98 Å². The minimum Gasteiger partial charge on any atom is -0.477 e. The average molecular weight is 359 g/mol. The van der Waals surface area contributed by atoms with Crippen LogP contribution in [0.3, 0.4) is 0 Å². The summed E-state index contributed by atoms with van der Waals surface area (Å²) in [7, 11) is 0. The minimum absolute atomic E-state index is 0.340. The van der Waals surface area contributed by atoms with E-state index in [9.17, 15) is 9.90 Å². The van der Waals surface area contributed by atoms with Crippen LogP contribution in [0.1, 0.15) is 44.3 Å². The molecule has 2 aromatic heterocycles. The van der Waals surface area contributed by atoms with Crippen molar-refractivity contribution in [2.75, 3.05) is 24.6 Å². The van der Waals surface area contributed by atoms with Crippen LogP contribution in [-0.4, -0.2) is 40.7 Å². The van der Waals surface area contributed by atoms with Crippen molar-refractivity contribution in [1.29, 1.82) is 0 Å². The fraction of sp³-hybridized carbons (Fsp3) is 0.500. The Kier molecular flexibility index (Phi) is 4.00. The summed E-state index contributed by atoms with van der Waals surface area (Å²) in [4.78, 5) is 24.2. The second-order valence-corrected chi connectivity index (χ2v) is 7.82. The maximum absolute atomic E-state index is 11.3. The number of aromatic nitrogens is 2. The summed E-state index contributed by atoms with van der Waals surface area (Å²) in [5.74, 6) is 0.0981. The fourth-order valence-corrected chi connectivity index (χ4v) is 5.05. The lowest BCUT2D eigenvalue weighted by Crippen LogP contribution is -2.46. The highest BCUT2D eigenvalue weighted by atomic mass is 32.1. The fourth-order valence-electron chi connectivity index (χ4n) is 3.80. The van der Waals surface area contributed by atoms with Crippen molar-refractivity contribution in [1.82, 2.24) is 9.97 Å². The molecule has 25 heavy (non-hydrogen) atoms. The largest absolute Gasteiger partial charge is 0.477 e. The minimum atomic E-state index is -0.849. The number of piperidine rings is 1. The van der Waals surface area contributed by atoms with Gasteiger partial charge in [-0.15, -0.1) is 11.3 Å². The molecule has 1 saturated heterocycles. The average Bonchev–Trinajstić information content (AvgIpc) is 3.04. The normalized spacial score (nSPS) is 19.0. The monoisotopic (exact) mass is 359 g/mol. The zero-order chi connectivity index (χ0) is 17.6. The molecular weight excluding hydrogens is 338 g/mol. The van der Waals surface area contributed by atoms with Crippen molar-refractivity contribution in [2.45, 2.75) is 38.7 Å². The maximum Gasteiger partial charge on any atom is 0.345 e. The smallest absolute Gasteiger partial charge is 0.345 e. The van der Waals surface area contributed by atoms with Gasteiger partial charge in [-0.2, -0.15) is 0 Å². The van der Waals surface area contributed by atoms with Crippen molar-refractivity contribution in [3.05, 3.63) is 39.0 Å². The van der Waals surface area contributed by atoms with Crippen LogP contribution in [-0.2, 0) is 16.8 Å². The molecule has 7 heteroatoms. The number of carboxylic acid groups (broad SMARTS) is 1. The zero-order valence-electron chi connectivity index (χ0n) is 14.4. The number of carboxylic acids is 1. The molecule has 0 aromatic carbocycles. The number of thiophene rings is 1. The Bertz CT molecular complexity index is 825. The van der Waals surface area contributed by atoms with E-state index in [1.165, 1.54) is 11.3 Å². The van der Waals surface area contributed by atoms with E-state index in [0.29, 0.717) is 11.5 Å². The highest BCUT2D eigenvalue weighted by molar-refractivity contribution is 7.14. The Morgan fingerprint density at radius 1 is 1.36 bits per heavy atom. The van der Waals surface area contributed by atoms with Crippen molar-refractivity contribution in [3.8, 4) is 0 Å². The zero-order valence-corrected chi connectivity index (χ0v) is 15.2. The number of hydrogen-bond acceptors (Lipinski definition) is 6. The first-order chi connectivity index (χ1) is 12.0. The van der Waals surface area contributed by atoms with Crippen LogP contribution >= 0.6 is 11.3 Å². The molecule has 2 aromatic rings. The van der Waals surface area contributed by atoms with E-state index in [4.69, 9.17) is 4.74 Å². The van der Waals surface area contributed by atoms with E-state index < -0.39 is 5.97 Å². The molecule has 2 aliphatic rings. The molecule has 2 aliphatic heterocycles. The summed E-state index contributed by atoms with van der Waals surface area (Å²) in [5.41, 5.74) is 2.67. The topological polar surface area (TPSA) is 75.6 Å². The molecule has 0 amide bonds. The number of rotatable bonds is 2. The van der Waals surface area contributed by atoms with Gasteiger partial charge in [0.2, 0.25) is 0 Å². The first-order valence-electron chi connectivity index (χ1n) is 8.54. The third-order valence-electron chi connectivity index (χ3n) is 5.10. The Morgan fingerprint density at radius 2 is 2.12 bits per heavy atom. The van der Waals surface area contributed by atoms with E-state index in [2.05, 4.69) is 14.9 Å². The summed E-state index contributed by atoms with van der Waals surface area (Å²) < 4.78 is 6.22. The van der Waals surface area contributed by atoms with Gasteiger partial charge in [0, 0.05) is 24.2 Å². The Hall–Kier alpha value is -1.99. The van der Waals surface area contributed by atoms with Gasteiger partial charge in [-0.05, 0) is 44.7 Å². The first-order valence-corrected chi connectivity index (χ1v) is 9.36. The van der Waals surface area contributed by atoms with Gasteiger partial charge in [-0.25, -0.2) is 9.78 Å². The number of fused-ring (bicyclic) bond motifs is 2. The summed E-state index contributed by atoms with van der Waals surface area (Å²) >= 11 is 1.38. The van der Waals surface area contributed by atoms with Crippen LogP contribution in [0.5, 0.6) is 0 Å². The molecule has 1 spiro atoms. The number of ether oxygens (including phenoxy) is 1. The number of carbonyl (C=O) groups is 1. The lowest BCUT2D eigenvalue weighted by Gasteiger charge is -2.44. The van der Waals surface area contributed by atoms with Crippen molar-refractivity contribution >= 4 is 23.1 Å². The van der Waals surface area contributed by atoms with Gasteiger partial charge in [0.05, 0.1) is 18.0 Å². The van der Waals surface area contributed by atoms with Gasteiger partial charge in [0.15, 0.2) is 0 Å². The number of aryl methyl sites for hydroxylation is 2. The molecule has 0 atom stereocenters. The quantitative estimate of drug-likeness (QED) is 0.888. The number of nitrogens with zero attached hydrogens (tertiary/aromatic N) is 3. The van der Waals surface area contributed by atoms with E-state index >= 15 is 0 Å². The second kappa shape index (κ2) is 6.07. The molecule has 0 aliphatic carbocycles. The lowest BCUT2D eigenvalue weighted by atomic mass is 9.85. The molecule has 0 bridgehead atoms. The van der Waals surface area contributed by atoms with Crippen molar-refractivity contribution < 1.29 is 14.6 Å². The number of aromatic carboxylic acids is 1. The van der Waals surface area contributed by atoms with Gasteiger partial charge < -0.3 is 14.7 Å². The van der Waals surface area contributed by atoms with Crippen LogP contribution < -0.4 is 4.90 Å². The Labute approximate surface area is 150 Å². The molecule has 4 heterocycles. The molecule has 1 fully saturated rings. The van der Waals surface area contributed by atoms with Crippen molar-refractivity contribution in [3.63, 3.8) is 0 Å². The number of hydrogen-bond donors (Lipinski definition) is 1. The Morgan fingerprint density at radius 3 is 2.84 bits per heavy atom. The maximum atomic E-state index is 11.3. The SMILES string of the molecule is Cc1cnc(C)c(N2CCC3(CC2)OCCc2cc(C(=O)O)sc23)n1. The molecule has 132 valence electrons. The van der Waals surface area contributed by atoms with Gasteiger partial charge in [-0.1, -0.05) is 0 Å². The van der Waals surface area contributed by atoms with Crippen LogP contribution in [0.15, 0.2) is 12.3 Å². The molecule has 0 radical (unpaired) electrons. The lowest BCUT2D eigenvalue weighted by molar-refractivity contribution is -0.0735. The van der Waals surface area contributed by atoms with Crippen molar-refractivity contribution in [2.24, 2.45) is 0 Å². The van der Waals surface area contributed by atoms with Crippen LogP contribution in [0, 0.1) is 13.8 Å². The van der Waals surface area contributed by atoms with Crippen LogP contribution in [0.25, 0.3) is 0 Å². The Balaban J connectivity index is 1.60. The van der Waals surface area contributed by atoms with Crippen LogP contribution in [0.4, 0.5) is 5.82 Å². The molecule has 4 rings (SSSR count). The molecule has 1 N–H and O–H groups in total. The first kappa shape index (κ1) is 16.5. The predicted molar refractivity (Wildman–Crippen MR) is 95.6 cm³/mol. The van der Waals surface area contributed by atoms with E-state index in [-0.39, 0.29) is 5.60 Å². The highest BCUT2D eigenvalue weighted by Crippen LogP contribution is 2.46. The summed E-state index contributed by atoms with van der Waals surface area (Å²) in [6, 6.07) is 1.83. The standard InChI is InChI=1S/C18H21N3O3S/c1-11-10-19-12(2)16(20-11)21-6-4-18(5-7-21)15-13(3-8-24-18)9-14(25-15)17(22)23/h9-10H,3-8H2,1-2H3,(H,22,23). The van der Waals surface area contributed by atoms with Gasteiger partial charge in [0.25, 0.3) is 0 Å². The number of anilines is 1. The molecular formula is C18H21N3O3S. The third-order valence-corrected chi connectivity index (χ3v) is 6.46. The van der Waals surface area contributed by atoms with Gasteiger partial charge >= 0.3 is 5.97 Å². The third kappa shape index (κ3) is 2.81. The van der Waals surface area contributed by atoms with Crippen LogP contribution in [0.2, 0.25) is 0 Å². The van der Waals surface area contributed by atoms with E-state index in [1.807, 2.05) is 19.9 Å². The molecule has 0 saturated carbocycles. The molecule has 6 nitrogen and oxygen atoms in total. The second-order valence-electron chi connectivity index (χ2n) is 6.77. The highest BCUT2D eigenvalue weighted by Gasteiger charge is 2.43. The predicted octanol–water partition coefficient (Wildman–Crippen LogP) is 2.92. The molecule has 0 unspecified atom stereocenters. The summed E-state index contributed by atoms with van der Waals surface area (Å²) in [5, 5.41) is 9.31. The van der Waals surface area contributed by atoms with E-state index in [0.717, 1.165) is 60.0 Å².